The Balaban J connectivity index is 2.22. The van der Waals surface area contributed by atoms with Gasteiger partial charge >= 0.3 is 0 Å². The highest BCUT2D eigenvalue weighted by Gasteiger charge is 2.22. The van der Waals surface area contributed by atoms with Crippen LogP contribution in [0.4, 0.5) is 8.78 Å². The lowest BCUT2D eigenvalue weighted by atomic mass is 9.97. The molecule has 0 atom stereocenters. The maximum absolute atomic E-state index is 14.2. The van der Waals surface area contributed by atoms with Gasteiger partial charge in [0.2, 0.25) is 0 Å². The first-order valence-corrected chi connectivity index (χ1v) is 9.22. The second kappa shape index (κ2) is 6.33. The molecule has 0 N–H and O–H groups in total. The topological polar surface area (TPSA) is 59.9 Å². The molecule has 128 valence electrons. The van der Waals surface area contributed by atoms with Gasteiger partial charge in [0.25, 0.3) is 0 Å². The molecule has 2 aromatic heterocycles. The number of hydrogen-bond donors (Lipinski definition) is 0. The van der Waals surface area contributed by atoms with E-state index < -0.39 is 26.4 Å². The molecule has 0 aliphatic carbocycles. The van der Waals surface area contributed by atoms with Crippen LogP contribution < -0.4 is 0 Å². The van der Waals surface area contributed by atoms with Crippen molar-refractivity contribution in [3.63, 3.8) is 0 Å². The van der Waals surface area contributed by atoms with Crippen LogP contribution in [0.15, 0.2) is 53.9 Å². The van der Waals surface area contributed by atoms with Gasteiger partial charge in [-0.2, -0.15) is 0 Å². The van der Waals surface area contributed by atoms with Gasteiger partial charge in [-0.3, -0.25) is 9.97 Å². The fraction of sp³-hybridized carbons (Fsp3) is 0.111. The monoisotopic (exact) mass is 360 g/mol. The Morgan fingerprint density at radius 3 is 2.16 bits per heavy atom. The van der Waals surface area contributed by atoms with Gasteiger partial charge in [0.1, 0.15) is 16.5 Å². The van der Waals surface area contributed by atoms with E-state index in [1.54, 1.807) is 24.7 Å². The maximum Gasteiger partial charge on any atom is 0.181 e. The molecule has 0 spiro atoms. The minimum atomic E-state index is -4.01. The van der Waals surface area contributed by atoms with E-state index in [9.17, 15) is 17.2 Å². The lowest BCUT2D eigenvalue weighted by Crippen LogP contribution is -2.05. The summed E-state index contributed by atoms with van der Waals surface area (Å²) in [5, 5.41) is 0. The van der Waals surface area contributed by atoms with E-state index >= 15 is 0 Å². The standard InChI is InChI=1S/C18H14F2N2O2S/c1-11-5-13(9-22-8-11)14-3-4-21-10-15(14)12-6-16(19)18(17(20)7-12)25(2,23)24/h3-10H,1-2H3. The van der Waals surface area contributed by atoms with Crippen LogP contribution in [0.25, 0.3) is 22.3 Å². The van der Waals surface area contributed by atoms with Crippen molar-refractivity contribution in [1.29, 1.82) is 0 Å². The van der Waals surface area contributed by atoms with E-state index in [0.29, 0.717) is 11.1 Å². The normalized spacial score (nSPS) is 11.5. The van der Waals surface area contributed by atoms with Gasteiger partial charge in [-0.25, -0.2) is 17.2 Å². The zero-order chi connectivity index (χ0) is 18.2. The number of aromatic nitrogens is 2. The number of sulfone groups is 1. The number of nitrogens with zero attached hydrogens (tertiary/aromatic N) is 2. The largest absolute Gasteiger partial charge is 0.264 e. The van der Waals surface area contributed by atoms with Crippen molar-refractivity contribution in [2.45, 2.75) is 11.8 Å². The first-order chi connectivity index (χ1) is 11.8. The van der Waals surface area contributed by atoms with E-state index in [1.807, 2.05) is 13.0 Å². The molecular formula is C18H14F2N2O2S. The Labute approximate surface area is 144 Å². The van der Waals surface area contributed by atoms with Crippen LogP contribution in [0, 0.1) is 18.6 Å². The summed E-state index contributed by atoms with van der Waals surface area (Å²) in [4.78, 5) is 7.21. The second-order valence-corrected chi connectivity index (χ2v) is 7.67. The van der Waals surface area contributed by atoms with Gasteiger partial charge in [0, 0.05) is 42.2 Å². The summed E-state index contributed by atoms with van der Waals surface area (Å²) in [5.74, 6) is -2.26. The summed E-state index contributed by atoms with van der Waals surface area (Å²) in [6.45, 7) is 1.89. The van der Waals surface area contributed by atoms with Crippen LogP contribution in [0.1, 0.15) is 5.56 Å². The highest BCUT2D eigenvalue weighted by Crippen LogP contribution is 2.33. The molecule has 1 aromatic carbocycles. The summed E-state index contributed by atoms with van der Waals surface area (Å²) in [6, 6.07) is 5.61. The fourth-order valence-electron chi connectivity index (χ4n) is 2.65. The van der Waals surface area contributed by atoms with Crippen LogP contribution >= 0.6 is 0 Å². The predicted octanol–water partition coefficient (Wildman–Crippen LogP) is 3.80. The van der Waals surface area contributed by atoms with Crippen molar-refractivity contribution in [3.05, 3.63) is 66.3 Å². The van der Waals surface area contributed by atoms with Gasteiger partial charge in [-0.15, -0.1) is 0 Å². The average Bonchev–Trinajstić information content (AvgIpc) is 2.53. The highest BCUT2D eigenvalue weighted by molar-refractivity contribution is 7.90. The van der Waals surface area contributed by atoms with Crippen molar-refractivity contribution in [2.24, 2.45) is 0 Å². The van der Waals surface area contributed by atoms with Crippen molar-refractivity contribution in [3.8, 4) is 22.3 Å². The van der Waals surface area contributed by atoms with Gasteiger partial charge in [0.05, 0.1) is 0 Å². The first kappa shape index (κ1) is 17.2. The van der Waals surface area contributed by atoms with Crippen LogP contribution in [0.2, 0.25) is 0 Å². The van der Waals surface area contributed by atoms with Crippen molar-refractivity contribution in [1.82, 2.24) is 9.97 Å². The van der Waals surface area contributed by atoms with Gasteiger partial charge in [-0.05, 0) is 47.9 Å². The molecule has 4 nitrogen and oxygen atoms in total. The second-order valence-electron chi connectivity index (χ2n) is 5.71. The molecule has 0 fully saturated rings. The Morgan fingerprint density at radius 1 is 0.880 bits per heavy atom. The van der Waals surface area contributed by atoms with Gasteiger partial charge in [-0.1, -0.05) is 0 Å². The first-order valence-electron chi connectivity index (χ1n) is 7.33. The lowest BCUT2D eigenvalue weighted by Gasteiger charge is -2.11. The van der Waals surface area contributed by atoms with Crippen LogP contribution in [-0.4, -0.2) is 24.6 Å². The number of hydrogen-bond acceptors (Lipinski definition) is 4. The highest BCUT2D eigenvalue weighted by atomic mass is 32.2. The van der Waals surface area contributed by atoms with Crippen LogP contribution in [0.5, 0.6) is 0 Å². The molecule has 0 amide bonds. The molecule has 0 aliphatic rings. The van der Waals surface area contributed by atoms with E-state index in [4.69, 9.17) is 0 Å². The van der Waals surface area contributed by atoms with Crippen molar-refractivity contribution >= 4 is 9.84 Å². The molecule has 0 radical (unpaired) electrons. The molecule has 0 bridgehead atoms. The van der Waals surface area contributed by atoms with E-state index in [1.165, 1.54) is 6.20 Å². The Hall–Kier alpha value is -2.67. The summed E-state index contributed by atoms with van der Waals surface area (Å²) in [5.41, 5.74) is 3.08. The number of halogens is 2. The number of pyridine rings is 2. The third-order valence-electron chi connectivity index (χ3n) is 3.69. The quantitative estimate of drug-likeness (QED) is 0.713. The van der Waals surface area contributed by atoms with Crippen molar-refractivity contribution < 1.29 is 17.2 Å². The number of rotatable bonds is 3. The summed E-state index contributed by atoms with van der Waals surface area (Å²) in [6.07, 6.45) is 7.15. The molecule has 3 rings (SSSR count). The van der Waals surface area contributed by atoms with Crippen molar-refractivity contribution in [2.75, 3.05) is 6.26 Å². The van der Waals surface area contributed by atoms with E-state index in [0.717, 1.165) is 29.5 Å². The molecular weight excluding hydrogens is 346 g/mol. The zero-order valence-electron chi connectivity index (χ0n) is 13.5. The lowest BCUT2D eigenvalue weighted by molar-refractivity contribution is 0.522. The summed E-state index contributed by atoms with van der Waals surface area (Å²) in [7, 11) is -4.01. The molecule has 0 saturated carbocycles. The number of benzene rings is 1. The van der Waals surface area contributed by atoms with E-state index in [2.05, 4.69) is 9.97 Å². The molecule has 2 heterocycles. The maximum atomic E-state index is 14.2. The fourth-order valence-corrected chi connectivity index (χ4v) is 3.47. The molecule has 7 heteroatoms. The minimum absolute atomic E-state index is 0.201. The summed E-state index contributed by atoms with van der Waals surface area (Å²) >= 11 is 0. The van der Waals surface area contributed by atoms with Gasteiger partial charge in [0.15, 0.2) is 9.84 Å². The molecule has 0 saturated heterocycles. The summed E-state index contributed by atoms with van der Waals surface area (Å²) < 4.78 is 51.6. The number of aryl methyl sites for hydroxylation is 1. The Bertz CT molecular complexity index is 1040. The zero-order valence-corrected chi connectivity index (χ0v) is 14.3. The predicted molar refractivity (Wildman–Crippen MR) is 90.7 cm³/mol. The van der Waals surface area contributed by atoms with Crippen LogP contribution in [-0.2, 0) is 9.84 Å². The third kappa shape index (κ3) is 3.41. The van der Waals surface area contributed by atoms with Gasteiger partial charge < -0.3 is 0 Å². The Kier molecular flexibility index (Phi) is 4.34. The molecule has 0 unspecified atom stereocenters. The molecule has 0 aliphatic heterocycles. The average molecular weight is 360 g/mol. The molecule has 25 heavy (non-hydrogen) atoms. The SMILES string of the molecule is Cc1cncc(-c2ccncc2-c2cc(F)c(S(C)(=O)=O)c(F)c2)c1. The smallest absolute Gasteiger partial charge is 0.181 e. The van der Waals surface area contributed by atoms with E-state index in [-0.39, 0.29) is 5.56 Å². The van der Waals surface area contributed by atoms with Crippen LogP contribution in [0.3, 0.4) is 0 Å². The minimum Gasteiger partial charge on any atom is -0.264 e. The Morgan fingerprint density at radius 2 is 1.56 bits per heavy atom. The third-order valence-corrected chi connectivity index (χ3v) is 4.82. The molecule has 3 aromatic rings.